The summed E-state index contributed by atoms with van der Waals surface area (Å²) in [6.45, 7) is 3.30. The lowest BCUT2D eigenvalue weighted by Gasteiger charge is -2.30. The molecule has 0 atom stereocenters. The van der Waals surface area contributed by atoms with Crippen molar-refractivity contribution >= 4 is 17.3 Å². The van der Waals surface area contributed by atoms with E-state index in [0.29, 0.717) is 36.7 Å². The van der Waals surface area contributed by atoms with Crippen molar-refractivity contribution in [2.45, 2.75) is 6.61 Å². The van der Waals surface area contributed by atoms with Crippen LogP contribution in [-0.2, 0) is 11.3 Å². The molecule has 1 aliphatic rings. The fourth-order valence-corrected chi connectivity index (χ4v) is 3.45. The number of nitrogens with one attached hydrogen (secondary N) is 1. The van der Waals surface area contributed by atoms with Gasteiger partial charge in [-0.3, -0.25) is 4.79 Å². The van der Waals surface area contributed by atoms with Gasteiger partial charge in [0.25, 0.3) is 5.91 Å². The normalized spacial score (nSPS) is 13.3. The van der Waals surface area contributed by atoms with E-state index in [1.54, 1.807) is 30.3 Å². The van der Waals surface area contributed by atoms with Crippen molar-refractivity contribution in [2.75, 3.05) is 36.5 Å². The molecule has 0 unspecified atom stereocenters. The number of carbonyl (C=O) groups is 1. The van der Waals surface area contributed by atoms with Crippen molar-refractivity contribution in [3.8, 4) is 11.8 Å². The topological polar surface area (TPSA) is 74.6 Å². The molecule has 1 amide bonds. The number of benzene rings is 3. The number of ether oxygens (including phenoxy) is 2. The molecule has 0 radical (unpaired) electrons. The molecule has 0 aromatic heterocycles. The number of para-hydroxylation sites is 2. The molecule has 31 heavy (non-hydrogen) atoms. The monoisotopic (exact) mass is 413 g/mol. The zero-order valence-electron chi connectivity index (χ0n) is 17.1. The third-order valence-electron chi connectivity index (χ3n) is 5.08. The van der Waals surface area contributed by atoms with Gasteiger partial charge in [-0.05, 0) is 54.1 Å². The lowest BCUT2D eigenvalue weighted by atomic mass is 10.1. The molecule has 0 spiro atoms. The van der Waals surface area contributed by atoms with Gasteiger partial charge in [0.15, 0.2) is 0 Å². The molecule has 6 nitrogen and oxygen atoms in total. The van der Waals surface area contributed by atoms with Gasteiger partial charge in [-0.2, -0.15) is 5.26 Å². The third kappa shape index (κ3) is 5.21. The van der Waals surface area contributed by atoms with Crippen LogP contribution in [0.25, 0.3) is 0 Å². The summed E-state index contributed by atoms with van der Waals surface area (Å²) in [6, 6.07) is 24.2. The van der Waals surface area contributed by atoms with Gasteiger partial charge in [0, 0.05) is 18.7 Å². The lowest BCUT2D eigenvalue weighted by Crippen LogP contribution is -2.36. The van der Waals surface area contributed by atoms with E-state index >= 15 is 0 Å². The molecule has 4 rings (SSSR count). The van der Waals surface area contributed by atoms with Gasteiger partial charge in [0.05, 0.1) is 36.2 Å². The van der Waals surface area contributed by atoms with E-state index in [0.717, 1.165) is 30.0 Å². The van der Waals surface area contributed by atoms with Crippen LogP contribution in [0.3, 0.4) is 0 Å². The van der Waals surface area contributed by atoms with Crippen molar-refractivity contribution in [2.24, 2.45) is 0 Å². The number of amides is 1. The largest absolute Gasteiger partial charge is 0.489 e. The van der Waals surface area contributed by atoms with Crippen molar-refractivity contribution in [1.82, 2.24) is 0 Å². The van der Waals surface area contributed by atoms with E-state index in [1.807, 2.05) is 42.5 Å². The fraction of sp³-hybridized carbons (Fsp3) is 0.200. The van der Waals surface area contributed by atoms with Gasteiger partial charge < -0.3 is 19.7 Å². The van der Waals surface area contributed by atoms with E-state index in [-0.39, 0.29) is 5.91 Å². The smallest absolute Gasteiger partial charge is 0.255 e. The second-order valence-corrected chi connectivity index (χ2v) is 7.20. The summed E-state index contributed by atoms with van der Waals surface area (Å²) in [4.78, 5) is 15.1. The van der Waals surface area contributed by atoms with Crippen molar-refractivity contribution in [1.29, 1.82) is 5.26 Å². The Hall–Kier alpha value is -3.82. The first-order valence-electron chi connectivity index (χ1n) is 10.2. The Morgan fingerprint density at radius 3 is 2.58 bits per heavy atom. The molecule has 1 heterocycles. The van der Waals surface area contributed by atoms with Crippen LogP contribution in [0, 0.1) is 11.3 Å². The van der Waals surface area contributed by atoms with Gasteiger partial charge in [-0.25, -0.2) is 0 Å². The number of hydrogen-bond donors (Lipinski definition) is 1. The van der Waals surface area contributed by atoms with Crippen LogP contribution in [0.15, 0.2) is 72.8 Å². The van der Waals surface area contributed by atoms with Gasteiger partial charge in [-0.15, -0.1) is 0 Å². The number of anilines is 2. The summed E-state index contributed by atoms with van der Waals surface area (Å²) in [5, 5.41) is 11.9. The highest BCUT2D eigenvalue weighted by Gasteiger charge is 2.16. The second-order valence-electron chi connectivity index (χ2n) is 7.20. The number of morpholine rings is 1. The van der Waals surface area contributed by atoms with Crippen LogP contribution in [-0.4, -0.2) is 32.2 Å². The summed E-state index contributed by atoms with van der Waals surface area (Å²) in [6.07, 6.45) is 0. The van der Waals surface area contributed by atoms with Gasteiger partial charge in [0.2, 0.25) is 0 Å². The van der Waals surface area contributed by atoms with E-state index in [4.69, 9.17) is 14.7 Å². The first-order valence-corrected chi connectivity index (χ1v) is 10.2. The molecule has 0 saturated carbocycles. The van der Waals surface area contributed by atoms with Crippen molar-refractivity contribution < 1.29 is 14.3 Å². The minimum absolute atomic E-state index is 0.166. The number of nitriles is 1. The molecular formula is C25H23N3O3. The maximum absolute atomic E-state index is 12.9. The molecule has 0 aliphatic carbocycles. The Balaban J connectivity index is 1.43. The van der Waals surface area contributed by atoms with E-state index < -0.39 is 0 Å². The molecule has 6 heteroatoms. The van der Waals surface area contributed by atoms with Crippen LogP contribution in [0.5, 0.6) is 5.75 Å². The quantitative estimate of drug-likeness (QED) is 0.655. The van der Waals surface area contributed by atoms with Crippen molar-refractivity contribution in [3.63, 3.8) is 0 Å². The van der Waals surface area contributed by atoms with E-state index in [9.17, 15) is 4.79 Å². The van der Waals surface area contributed by atoms with Crippen LogP contribution in [0.4, 0.5) is 11.4 Å². The fourth-order valence-electron chi connectivity index (χ4n) is 3.45. The summed E-state index contributed by atoms with van der Waals surface area (Å²) >= 11 is 0. The lowest BCUT2D eigenvalue weighted by molar-refractivity contribution is 0.102. The molecule has 1 fully saturated rings. The zero-order valence-corrected chi connectivity index (χ0v) is 17.1. The number of nitrogens with zero attached hydrogens (tertiary/aromatic N) is 2. The summed E-state index contributed by atoms with van der Waals surface area (Å²) in [7, 11) is 0. The average Bonchev–Trinajstić information content (AvgIpc) is 2.84. The summed E-state index contributed by atoms with van der Waals surface area (Å²) in [5.41, 5.74) is 3.83. The summed E-state index contributed by atoms with van der Waals surface area (Å²) < 4.78 is 11.2. The number of hydrogen-bond acceptors (Lipinski definition) is 5. The van der Waals surface area contributed by atoms with Crippen LogP contribution >= 0.6 is 0 Å². The minimum atomic E-state index is -0.166. The highest BCUT2D eigenvalue weighted by Crippen LogP contribution is 2.27. The first-order chi connectivity index (χ1) is 15.2. The molecule has 156 valence electrons. The van der Waals surface area contributed by atoms with Crippen LogP contribution in [0.2, 0.25) is 0 Å². The number of carbonyl (C=O) groups excluding carboxylic acids is 1. The van der Waals surface area contributed by atoms with Gasteiger partial charge in [-0.1, -0.05) is 24.3 Å². The van der Waals surface area contributed by atoms with Crippen molar-refractivity contribution in [3.05, 3.63) is 89.5 Å². The highest BCUT2D eigenvalue weighted by atomic mass is 16.5. The molecular weight excluding hydrogens is 390 g/mol. The highest BCUT2D eigenvalue weighted by molar-refractivity contribution is 6.06. The Morgan fingerprint density at radius 1 is 1.03 bits per heavy atom. The molecule has 3 aromatic carbocycles. The summed E-state index contributed by atoms with van der Waals surface area (Å²) in [5.74, 6) is 0.509. The Bertz CT molecular complexity index is 1080. The van der Waals surface area contributed by atoms with Crippen LogP contribution in [0.1, 0.15) is 21.5 Å². The Kier molecular flexibility index (Phi) is 6.46. The maximum Gasteiger partial charge on any atom is 0.255 e. The molecule has 3 aromatic rings. The standard InChI is InChI=1S/C25H23N3O3/c26-17-19-8-10-22(11-9-19)31-18-20-4-3-5-21(16-20)25(29)27-23-6-1-2-7-24(23)28-12-14-30-15-13-28/h1-11,16H,12-15,18H2,(H,27,29). The predicted octanol–water partition coefficient (Wildman–Crippen LogP) is 4.23. The molecule has 1 aliphatic heterocycles. The molecule has 0 bridgehead atoms. The van der Waals surface area contributed by atoms with Gasteiger partial charge >= 0.3 is 0 Å². The number of rotatable bonds is 6. The average molecular weight is 413 g/mol. The Labute approximate surface area is 181 Å². The van der Waals surface area contributed by atoms with Gasteiger partial charge in [0.1, 0.15) is 12.4 Å². The van der Waals surface area contributed by atoms with E-state index in [2.05, 4.69) is 16.3 Å². The predicted molar refractivity (Wildman–Crippen MR) is 119 cm³/mol. The van der Waals surface area contributed by atoms with Crippen LogP contribution < -0.4 is 15.0 Å². The SMILES string of the molecule is N#Cc1ccc(OCc2cccc(C(=O)Nc3ccccc3N3CCOCC3)c2)cc1. The second kappa shape index (κ2) is 9.79. The molecule has 1 saturated heterocycles. The minimum Gasteiger partial charge on any atom is -0.489 e. The zero-order chi connectivity index (χ0) is 21.5. The van der Waals surface area contributed by atoms with E-state index in [1.165, 1.54) is 0 Å². The first kappa shape index (κ1) is 20.5. The maximum atomic E-state index is 12.9. The molecule has 1 N–H and O–H groups in total. The third-order valence-corrected chi connectivity index (χ3v) is 5.08. The Morgan fingerprint density at radius 2 is 1.81 bits per heavy atom.